The average molecular weight is 267 g/mol. The smallest absolute Gasteiger partial charge is 0.0776 e. The minimum Gasteiger partial charge on any atom is -0.0863 e. The summed E-state index contributed by atoms with van der Waals surface area (Å²) in [7, 11) is -1.18. The number of benzene rings is 1. The van der Waals surface area contributed by atoms with Crippen molar-refractivity contribution < 1.29 is 0 Å². The Labute approximate surface area is 95.9 Å². The molecule has 0 atom stereocenters. The quantitative estimate of drug-likeness (QED) is 0.417. The van der Waals surface area contributed by atoms with E-state index in [4.69, 9.17) is 0 Å². The molecule has 0 aromatic heterocycles. The van der Waals surface area contributed by atoms with Crippen LogP contribution in [0.25, 0.3) is 0 Å². The highest BCUT2D eigenvalue weighted by molar-refractivity contribution is 9.09. The third kappa shape index (κ3) is 3.32. The maximum Gasteiger partial charge on any atom is 0.0776 e. The van der Waals surface area contributed by atoms with E-state index < -0.39 is 8.07 Å². The number of hydrogen-bond acceptors (Lipinski definition) is 0. The van der Waals surface area contributed by atoms with Crippen molar-refractivity contribution >= 4 is 29.2 Å². The van der Waals surface area contributed by atoms with E-state index in [9.17, 15) is 0 Å². The van der Waals surface area contributed by atoms with Gasteiger partial charge < -0.3 is 0 Å². The zero-order chi connectivity index (χ0) is 10.6. The lowest BCUT2D eigenvalue weighted by molar-refractivity contribution is 1.63. The van der Waals surface area contributed by atoms with Crippen LogP contribution in [0.3, 0.4) is 0 Å². The van der Waals surface area contributed by atoms with Crippen LogP contribution in [-0.2, 0) is 0 Å². The van der Waals surface area contributed by atoms with Crippen molar-refractivity contribution in [2.24, 2.45) is 0 Å². The second kappa shape index (κ2) is 4.81. The fourth-order valence-electron chi connectivity index (χ4n) is 1.20. The molecule has 0 aliphatic carbocycles. The Hall–Kier alpha value is -0.523. The van der Waals surface area contributed by atoms with E-state index >= 15 is 0 Å². The molecule has 0 bridgehead atoms. The first-order valence-electron chi connectivity index (χ1n) is 4.69. The maximum absolute atomic E-state index is 3.30. The second-order valence-corrected chi connectivity index (χ2v) is 9.90. The van der Waals surface area contributed by atoms with Gasteiger partial charge >= 0.3 is 0 Å². The lowest BCUT2D eigenvalue weighted by Gasteiger charge is -2.16. The van der Waals surface area contributed by atoms with Crippen molar-refractivity contribution in [2.75, 3.05) is 5.33 Å². The van der Waals surface area contributed by atoms with E-state index in [-0.39, 0.29) is 0 Å². The summed E-state index contributed by atoms with van der Waals surface area (Å²) in [6.07, 6.45) is 0. The molecule has 0 aliphatic rings. The van der Waals surface area contributed by atoms with E-state index in [1.807, 2.05) is 0 Å². The van der Waals surface area contributed by atoms with Crippen molar-refractivity contribution in [3.05, 3.63) is 29.8 Å². The Kier molecular flexibility index (Phi) is 3.97. The molecule has 0 heterocycles. The normalized spacial score (nSPS) is 10.6. The van der Waals surface area contributed by atoms with Crippen LogP contribution in [-0.4, -0.2) is 13.4 Å². The summed E-state index contributed by atoms with van der Waals surface area (Å²) in [5.74, 6) is 6.16. The molecule has 0 radical (unpaired) electrons. The summed E-state index contributed by atoms with van der Waals surface area (Å²) in [5, 5.41) is 2.21. The number of rotatable bonds is 1. The van der Waals surface area contributed by atoms with Crippen LogP contribution in [0.5, 0.6) is 0 Å². The number of hydrogen-bond donors (Lipinski definition) is 0. The van der Waals surface area contributed by atoms with Gasteiger partial charge in [0.2, 0.25) is 0 Å². The Bertz CT molecular complexity index is 366. The zero-order valence-electron chi connectivity index (χ0n) is 8.89. The van der Waals surface area contributed by atoms with Gasteiger partial charge in [0.15, 0.2) is 0 Å². The highest BCUT2D eigenvalue weighted by Crippen LogP contribution is 2.04. The summed E-state index contributed by atoms with van der Waals surface area (Å²) in [6, 6.07) is 8.61. The SMILES string of the molecule is C[Si](C)(C)c1cccc(C#CCBr)c1. The van der Waals surface area contributed by atoms with Crippen LogP contribution in [0.15, 0.2) is 24.3 Å². The van der Waals surface area contributed by atoms with Gasteiger partial charge in [0, 0.05) is 5.56 Å². The van der Waals surface area contributed by atoms with E-state index in [0.29, 0.717) is 0 Å². The van der Waals surface area contributed by atoms with Crippen LogP contribution in [0.1, 0.15) is 5.56 Å². The predicted octanol–water partition coefficient (Wildman–Crippen LogP) is 2.98. The van der Waals surface area contributed by atoms with Gasteiger partial charge in [0.1, 0.15) is 0 Å². The highest BCUT2D eigenvalue weighted by Gasteiger charge is 2.15. The van der Waals surface area contributed by atoms with Crippen LogP contribution in [0.4, 0.5) is 0 Å². The zero-order valence-corrected chi connectivity index (χ0v) is 11.5. The molecule has 0 saturated carbocycles. The first-order valence-corrected chi connectivity index (χ1v) is 9.31. The molecule has 0 fully saturated rings. The Balaban J connectivity index is 3.02. The predicted molar refractivity (Wildman–Crippen MR) is 70.1 cm³/mol. The Morgan fingerprint density at radius 1 is 1.29 bits per heavy atom. The Morgan fingerprint density at radius 2 is 2.00 bits per heavy atom. The summed E-state index contributed by atoms with van der Waals surface area (Å²) in [5.41, 5.74) is 1.13. The van der Waals surface area contributed by atoms with Crippen molar-refractivity contribution in [1.29, 1.82) is 0 Å². The van der Waals surface area contributed by atoms with E-state index in [2.05, 4.69) is 71.7 Å². The van der Waals surface area contributed by atoms with Gasteiger partial charge in [0.25, 0.3) is 0 Å². The van der Waals surface area contributed by atoms with Crippen LogP contribution >= 0.6 is 15.9 Å². The first-order chi connectivity index (χ1) is 6.54. The highest BCUT2D eigenvalue weighted by atomic mass is 79.9. The van der Waals surface area contributed by atoms with Gasteiger partial charge in [-0.05, 0) is 12.1 Å². The molecule has 1 aromatic rings. The fraction of sp³-hybridized carbons (Fsp3) is 0.333. The molecular weight excluding hydrogens is 252 g/mol. The van der Waals surface area contributed by atoms with Crippen LogP contribution in [0.2, 0.25) is 19.6 Å². The molecule has 74 valence electrons. The molecule has 1 aromatic carbocycles. The van der Waals surface area contributed by atoms with Crippen molar-refractivity contribution in [1.82, 2.24) is 0 Å². The fourth-order valence-corrected chi connectivity index (χ4v) is 2.52. The molecule has 0 unspecified atom stereocenters. The van der Waals surface area contributed by atoms with Gasteiger partial charge in [-0.3, -0.25) is 0 Å². The van der Waals surface area contributed by atoms with Crippen molar-refractivity contribution in [3.8, 4) is 11.8 Å². The minimum atomic E-state index is -1.18. The minimum absolute atomic E-state index is 0.740. The van der Waals surface area contributed by atoms with Gasteiger partial charge in [0.05, 0.1) is 13.4 Å². The molecular formula is C12H15BrSi. The third-order valence-corrected chi connectivity index (χ3v) is 4.35. The molecule has 0 aliphatic heterocycles. The third-order valence-electron chi connectivity index (χ3n) is 2.03. The number of alkyl halides is 1. The van der Waals surface area contributed by atoms with E-state index in [1.54, 1.807) is 0 Å². The van der Waals surface area contributed by atoms with Crippen molar-refractivity contribution in [3.63, 3.8) is 0 Å². The summed E-state index contributed by atoms with van der Waals surface area (Å²) < 4.78 is 0. The molecule has 0 saturated heterocycles. The van der Waals surface area contributed by atoms with Gasteiger partial charge in [-0.15, -0.1) is 0 Å². The topological polar surface area (TPSA) is 0 Å². The molecule has 2 heteroatoms. The van der Waals surface area contributed by atoms with E-state index in [0.717, 1.165) is 10.9 Å². The van der Waals surface area contributed by atoms with E-state index in [1.165, 1.54) is 5.19 Å². The molecule has 0 spiro atoms. The monoisotopic (exact) mass is 266 g/mol. The lowest BCUT2D eigenvalue weighted by Crippen LogP contribution is -2.37. The summed E-state index contributed by atoms with van der Waals surface area (Å²) >= 11 is 3.30. The van der Waals surface area contributed by atoms with Crippen LogP contribution < -0.4 is 5.19 Å². The van der Waals surface area contributed by atoms with Gasteiger partial charge in [-0.1, -0.05) is 64.7 Å². The lowest BCUT2D eigenvalue weighted by atomic mass is 10.2. The molecule has 1 rings (SSSR count). The Morgan fingerprint density at radius 3 is 2.57 bits per heavy atom. The molecule has 0 amide bonds. The molecule has 14 heavy (non-hydrogen) atoms. The summed E-state index contributed by atoms with van der Waals surface area (Å²) in [4.78, 5) is 0. The first kappa shape index (κ1) is 11.6. The van der Waals surface area contributed by atoms with Gasteiger partial charge in [-0.25, -0.2) is 0 Å². The molecule has 0 N–H and O–H groups in total. The largest absolute Gasteiger partial charge is 0.0863 e. The number of halogens is 1. The van der Waals surface area contributed by atoms with Crippen LogP contribution in [0, 0.1) is 11.8 Å². The standard InChI is InChI=1S/C12H15BrSi/c1-14(2,3)12-8-4-6-11(10-12)7-5-9-13/h4,6,8,10H,9H2,1-3H3. The summed E-state index contributed by atoms with van der Waals surface area (Å²) in [6.45, 7) is 7.05. The molecule has 0 nitrogen and oxygen atoms in total. The average Bonchev–Trinajstić information content (AvgIpc) is 2.14. The maximum atomic E-state index is 3.30. The van der Waals surface area contributed by atoms with Crippen molar-refractivity contribution in [2.45, 2.75) is 19.6 Å². The second-order valence-electron chi connectivity index (χ2n) is 4.27. The van der Waals surface area contributed by atoms with Gasteiger partial charge in [-0.2, -0.15) is 0 Å².